The zero-order valence-electron chi connectivity index (χ0n) is 10.4. The van der Waals surface area contributed by atoms with Crippen molar-refractivity contribution in [3.63, 3.8) is 0 Å². The Labute approximate surface area is 103 Å². The van der Waals surface area contributed by atoms with Gasteiger partial charge in [0, 0.05) is 32.3 Å². The van der Waals surface area contributed by atoms with E-state index in [2.05, 4.69) is 20.4 Å². The summed E-state index contributed by atoms with van der Waals surface area (Å²) in [7, 11) is 3.52. The second kappa shape index (κ2) is 6.69. The molecule has 104 valence electrons. The number of likely N-dealkylation sites (N-methyl/N-ethyl adjacent to an activating group) is 1. The van der Waals surface area contributed by atoms with Gasteiger partial charge in [0.15, 0.2) is 0 Å². The van der Waals surface area contributed by atoms with Gasteiger partial charge in [-0.25, -0.2) is 0 Å². The topological polar surface area (TPSA) is 52.0 Å². The summed E-state index contributed by atoms with van der Waals surface area (Å²) >= 11 is 0. The maximum absolute atomic E-state index is 11.8. The van der Waals surface area contributed by atoms with Crippen molar-refractivity contribution in [1.29, 1.82) is 0 Å². The van der Waals surface area contributed by atoms with Crippen LogP contribution in [0.25, 0.3) is 0 Å². The van der Waals surface area contributed by atoms with Gasteiger partial charge in [-0.05, 0) is 13.5 Å². The second-order valence-corrected chi connectivity index (χ2v) is 4.03. The normalized spacial score (nSPS) is 13.8. The number of aryl methyl sites for hydroxylation is 1. The number of hydrogen-bond acceptors (Lipinski definition) is 4. The highest BCUT2D eigenvalue weighted by Gasteiger charge is 2.27. The largest absolute Gasteiger partial charge is 0.411 e. The van der Waals surface area contributed by atoms with Crippen LogP contribution in [0.2, 0.25) is 0 Å². The first-order chi connectivity index (χ1) is 8.40. The van der Waals surface area contributed by atoms with E-state index in [9.17, 15) is 13.2 Å². The van der Waals surface area contributed by atoms with Crippen molar-refractivity contribution in [3.8, 4) is 0 Å². The van der Waals surface area contributed by atoms with Crippen molar-refractivity contribution in [2.45, 2.75) is 25.1 Å². The summed E-state index contributed by atoms with van der Waals surface area (Å²) in [6, 6.07) is 0.0231. The van der Waals surface area contributed by atoms with Gasteiger partial charge in [0.2, 0.25) is 0 Å². The number of nitrogens with zero attached hydrogens (tertiary/aromatic N) is 3. The summed E-state index contributed by atoms with van der Waals surface area (Å²) in [6.07, 6.45) is -1.39. The van der Waals surface area contributed by atoms with Crippen LogP contribution < -0.4 is 5.32 Å². The van der Waals surface area contributed by atoms with Crippen LogP contribution in [-0.2, 0) is 18.2 Å². The molecule has 0 aliphatic rings. The fraction of sp³-hybridized carbons (Fsp3) is 0.800. The molecule has 1 rings (SSSR count). The van der Waals surface area contributed by atoms with E-state index in [1.54, 1.807) is 25.0 Å². The molecule has 0 aliphatic heterocycles. The highest BCUT2D eigenvalue weighted by atomic mass is 19.4. The Morgan fingerprint density at radius 3 is 2.72 bits per heavy atom. The molecule has 0 aliphatic carbocycles. The van der Waals surface area contributed by atoms with E-state index < -0.39 is 12.8 Å². The smallest absolute Gasteiger partial charge is 0.372 e. The van der Waals surface area contributed by atoms with E-state index in [4.69, 9.17) is 0 Å². The van der Waals surface area contributed by atoms with Crippen molar-refractivity contribution in [2.75, 3.05) is 20.3 Å². The van der Waals surface area contributed by atoms with Crippen LogP contribution >= 0.6 is 0 Å². The first kappa shape index (κ1) is 14.9. The minimum absolute atomic E-state index is 0.0231. The molecule has 8 heteroatoms. The predicted octanol–water partition coefficient (Wildman–Crippen LogP) is 0.915. The highest BCUT2D eigenvalue weighted by molar-refractivity contribution is 4.95. The SMILES string of the molecule is CNC(CCOCC(F)(F)F)Cc1cn(C)nn1. The second-order valence-electron chi connectivity index (χ2n) is 4.03. The minimum atomic E-state index is -4.26. The molecular weight excluding hydrogens is 249 g/mol. The summed E-state index contributed by atoms with van der Waals surface area (Å²) in [5.41, 5.74) is 0.799. The molecule has 1 unspecified atom stereocenters. The lowest BCUT2D eigenvalue weighted by Crippen LogP contribution is -2.30. The number of rotatable bonds is 7. The van der Waals surface area contributed by atoms with Gasteiger partial charge in [0.05, 0.1) is 5.69 Å². The van der Waals surface area contributed by atoms with Crippen LogP contribution in [0.3, 0.4) is 0 Å². The lowest BCUT2D eigenvalue weighted by Gasteiger charge is -2.15. The molecule has 5 nitrogen and oxygen atoms in total. The molecule has 0 fully saturated rings. The van der Waals surface area contributed by atoms with Gasteiger partial charge in [0.1, 0.15) is 6.61 Å². The van der Waals surface area contributed by atoms with Crippen molar-refractivity contribution in [2.24, 2.45) is 7.05 Å². The molecule has 0 spiro atoms. The molecule has 1 aromatic rings. The summed E-state index contributed by atoms with van der Waals surface area (Å²) in [5, 5.41) is 10.7. The van der Waals surface area contributed by atoms with Crippen LogP contribution in [0.5, 0.6) is 0 Å². The molecule has 0 saturated carbocycles. The van der Waals surface area contributed by atoms with Gasteiger partial charge in [0.25, 0.3) is 0 Å². The van der Waals surface area contributed by atoms with E-state index in [1.807, 2.05) is 0 Å². The van der Waals surface area contributed by atoms with Crippen molar-refractivity contribution < 1.29 is 17.9 Å². The molecule has 0 bridgehead atoms. The summed E-state index contributed by atoms with van der Waals surface area (Å²) in [6.45, 7) is -1.14. The molecule has 0 amide bonds. The Hall–Kier alpha value is -1.15. The van der Waals surface area contributed by atoms with Gasteiger partial charge >= 0.3 is 6.18 Å². The monoisotopic (exact) mass is 266 g/mol. The van der Waals surface area contributed by atoms with Gasteiger partial charge < -0.3 is 10.1 Å². The molecule has 1 N–H and O–H groups in total. The maximum Gasteiger partial charge on any atom is 0.411 e. The molecular formula is C10H17F3N4O. The van der Waals surface area contributed by atoms with Gasteiger partial charge in [-0.1, -0.05) is 5.21 Å². The third-order valence-electron chi connectivity index (χ3n) is 2.39. The quantitative estimate of drug-likeness (QED) is 0.745. The standard InChI is InChI=1S/C10H17F3N4O/c1-14-8(3-4-18-7-10(11,12)13)5-9-6-17(2)16-15-9/h6,8,14H,3-5,7H2,1-2H3. The minimum Gasteiger partial charge on any atom is -0.372 e. The van der Waals surface area contributed by atoms with Crippen LogP contribution in [0.15, 0.2) is 6.20 Å². The van der Waals surface area contributed by atoms with Crippen molar-refractivity contribution in [3.05, 3.63) is 11.9 Å². The first-order valence-corrected chi connectivity index (χ1v) is 5.57. The lowest BCUT2D eigenvalue weighted by atomic mass is 10.1. The zero-order valence-corrected chi connectivity index (χ0v) is 10.4. The van der Waals surface area contributed by atoms with Crippen LogP contribution in [0, 0.1) is 0 Å². The molecule has 18 heavy (non-hydrogen) atoms. The van der Waals surface area contributed by atoms with Gasteiger partial charge in [-0.3, -0.25) is 4.68 Å². The van der Waals surface area contributed by atoms with E-state index >= 15 is 0 Å². The number of hydrogen-bond donors (Lipinski definition) is 1. The highest BCUT2D eigenvalue weighted by Crippen LogP contribution is 2.14. The summed E-state index contributed by atoms with van der Waals surface area (Å²) in [4.78, 5) is 0. The number of halogens is 3. The van der Waals surface area contributed by atoms with Gasteiger partial charge in [-0.15, -0.1) is 5.10 Å². The van der Waals surface area contributed by atoms with Crippen molar-refractivity contribution >= 4 is 0 Å². The average Bonchev–Trinajstić information content (AvgIpc) is 2.67. The van der Waals surface area contributed by atoms with Crippen LogP contribution in [0.4, 0.5) is 13.2 Å². The lowest BCUT2D eigenvalue weighted by molar-refractivity contribution is -0.174. The Kier molecular flexibility index (Phi) is 5.54. The molecule has 1 heterocycles. The Morgan fingerprint density at radius 1 is 1.50 bits per heavy atom. The van der Waals surface area contributed by atoms with E-state index in [-0.39, 0.29) is 12.6 Å². The third-order valence-corrected chi connectivity index (χ3v) is 2.39. The first-order valence-electron chi connectivity index (χ1n) is 5.57. The molecule has 0 radical (unpaired) electrons. The number of alkyl halides is 3. The Bertz CT molecular complexity index is 353. The molecule has 1 aromatic heterocycles. The van der Waals surface area contributed by atoms with Crippen LogP contribution in [0.1, 0.15) is 12.1 Å². The van der Waals surface area contributed by atoms with Crippen molar-refractivity contribution in [1.82, 2.24) is 20.3 Å². The molecule has 1 atom stereocenters. The Morgan fingerprint density at radius 2 is 2.22 bits per heavy atom. The average molecular weight is 266 g/mol. The zero-order chi connectivity index (χ0) is 13.6. The van der Waals surface area contributed by atoms with Gasteiger partial charge in [-0.2, -0.15) is 13.2 Å². The molecule has 0 saturated heterocycles. The summed E-state index contributed by atoms with van der Waals surface area (Å²) in [5.74, 6) is 0. The third kappa shape index (κ3) is 5.97. The fourth-order valence-electron chi connectivity index (χ4n) is 1.50. The van der Waals surface area contributed by atoms with E-state index in [1.165, 1.54) is 0 Å². The van der Waals surface area contributed by atoms with E-state index in [0.29, 0.717) is 12.8 Å². The Balaban J connectivity index is 2.25. The number of aromatic nitrogens is 3. The van der Waals surface area contributed by atoms with Crippen LogP contribution in [-0.4, -0.2) is 47.5 Å². The predicted molar refractivity (Wildman–Crippen MR) is 59.0 cm³/mol. The van der Waals surface area contributed by atoms with E-state index in [0.717, 1.165) is 5.69 Å². The summed E-state index contributed by atoms with van der Waals surface area (Å²) < 4.78 is 41.7. The fourth-order valence-corrected chi connectivity index (χ4v) is 1.50. The number of nitrogens with one attached hydrogen (secondary N) is 1. The molecule has 0 aromatic carbocycles. The number of ether oxygens (including phenoxy) is 1. The maximum atomic E-state index is 11.8.